The second-order valence-corrected chi connectivity index (χ2v) is 11.5. The summed E-state index contributed by atoms with van der Waals surface area (Å²) in [5.74, 6) is 0.373. The Morgan fingerprint density at radius 1 is 0.967 bits per heavy atom. The first-order valence-electron chi connectivity index (χ1n) is 11.7. The molecule has 2 saturated carbocycles. The van der Waals surface area contributed by atoms with Crippen LogP contribution in [-0.2, 0) is 21.2 Å². The molecule has 0 aromatic heterocycles. The lowest BCUT2D eigenvalue weighted by atomic mass is 9.94. The van der Waals surface area contributed by atoms with Gasteiger partial charge in [0.05, 0.1) is 4.90 Å². The Morgan fingerprint density at radius 2 is 1.67 bits per heavy atom. The van der Waals surface area contributed by atoms with E-state index in [4.69, 9.17) is 0 Å². The van der Waals surface area contributed by atoms with Crippen molar-refractivity contribution in [3.05, 3.63) is 23.8 Å². The van der Waals surface area contributed by atoms with Gasteiger partial charge >= 0.3 is 0 Å². The van der Waals surface area contributed by atoms with E-state index in [0.717, 1.165) is 43.6 Å². The predicted octanol–water partition coefficient (Wildman–Crippen LogP) is 3.01. The second-order valence-electron chi connectivity index (χ2n) is 9.56. The highest BCUT2D eigenvalue weighted by Gasteiger charge is 2.40. The number of carbonyl (C=O) groups excluding carboxylic acids is 1. The summed E-state index contributed by atoms with van der Waals surface area (Å²) in [6.07, 6.45) is 9.15. The van der Waals surface area contributed by atoms with Crippen molar-refractivity contribution in [2.75, 3.05) is 31.1 Å². The van der Waals surface area contributed by atoms with Crippen molar-refractivity contribution in [3.63, 3.8) is 0 Å². The average Bonchev–Trinajstić information content (AvgIpc) is 3.56. The molecule has 164 valence electrons. The maximum Gasteiger partial charge on any atom is 0.243 e. The molecule has 1 aromatic rings. The first-order chi connectivity index (χ1) is 14.4. The molecule has 3 fully saturated rings. The maximum absolute atomic E-state index is 13.3. The number of benzene rings is 1. The summed E-state index contributed by atoms with van der Waals surface area (Å²) in [5, 5.41) is 0. The third-order valence-corrected chi connectivity index (χ3v) is 9.33. The number of nitrogens with zero attached hydrogens (tertiary/aromatic N) is 3. The molecule has 5 rings (SSSR count). The Labute approximate surface area is 180 Å². The Kier molecular flexibility index (Phi) is 5.40. The van der Waals surface area contributed by atoms with Crippen molar-refractivity contribution >= 4 is 21.6 Å². The van der Waals surface area contributed by atoms with E-state index in [0.29, 0.717) is 24.0 Å². The highest BCUT2D eigenvalue weighted by Crippen LogP contribution is 2.40. The third kappa shape index (κ3) is 3.69. The van der Waals surface area contributed by atoms with Crippen LogP contribution in [0, 0.1) is 5.92 Å². The van der Waals surface area contributed by atoms with Gasteiger partial charge in [-0.2, -0.15) is 4.31 Å². The van der Waals surface area contributed by atoms with E-state index in [9.17, 15) is 13.2 Å². The highest BCUT2D eigenvalue weighted by atomic mass is 32.2. The van der Waals surface area contributed by atoms with E-state index in [1.54, 1.807) is 10.4 Å². The van der Waals surface area contributed by atoms with Crippen LogP contribution in [0.4, 0.5) is 5.69 Å². The van der Waals surface area contributed by atoms with Gasteiger partial charge in [0.25, 0.3) is 0 Å². The number of hydrogen-bond acceptors (Lipinski definition) is 4. The summed E-state index contributed by atoms with van der Waals surface area (Å²) in [7, 11) is -3.49. The molecule has 2 aliphatic heterocycles. The molecule has 0 N–H and O–H groups in total. The van der Waals surface area contributed by atoms with Crippen LogP contribution in [0.2, 0.25) is 0 Å². The fourth-order valence-electron chi connectivity index (χ4n) is 5.54. The van der Waals surface area contributed by atoms with E-state index in [1.165, 1.54) is 32.1 Å². The molecule has 2 heterocycles. The monoisotopic (exact) mass is 431 g/mol. The topological polar surface area (TPSA) is 60.9 Å². The zero-order valence-electron chi connectivity index (χ0n) is 17.9. The number of fused-ring (bicyclic) bond motifs is 1. The molecule has 1 saturated heterocycles. The van der Waals surface area contributed by atoms with Gasteiger partial charge in [0.2, 0.25) is 15.9 Å². The van der Waals surface area contributed by atoms with Gasteiger partial charge in [-0.25, -0.2) is 8.42 Å². The van der Waals surface area contributed by atoms with Gasteiger partial charge in [0.15, 0.2) is 0 Å². The van der Waals surface area contributed by atoms with Crippen molar-refractivity contribution in [1.29, 1.82) is 0 Å². The molecule has 30 heavy (non-hydrogen) atoms. The molecule has 0 unspecified atom stereocenters. The first-order valence-corrected chi connectivity index (χ1v) is 13.1. The number of piperazine rings is 1. The molecular weight excluding hydrogens is 398 g/mol. The summed E-state index contributed by atoms with van der Waals surface area (Å²) in [6, 6.07) is 6.11. The van der Waals surface area contributed by atoms with Gasteiger partial charge in [-0.3, -0.25) is 9.69 Å². The first kappa shape index (κ1) is 20.5. The summed E-state index contributed by atoms with van der Waals surface area (Å²) >= 11 is 0. The van der Waals surface area contributed by atoms with Crippen LogP contribution in [0.25, 0.3) is 0 Å². The van der Waals surface area contributed by atoms with Crippen molar-refractivity contribution in [3.8, 4) is 0 Å². The van der Waals surface area contributed by atoms with Crippen LogP contribution >= 0.6 is 0 Å². The molecule has 6 nitrogen and oxygen atoms in total. The molecule has 4 aliphatic rings. The van der Waals surface area contributed by atoms with E-state index in [2.05, 4.69) is 11.8 Å². The second kappa shape index (κ2) is 7.92. The van der Waals surface area contributed by atoms with Gasteiger partial charge < -0.3 is 4.90 Å². The summed E-state index contributed by atoms with van der Waals surface area (Å²) in [5.41, 5.74) is 1.89. The standard InChI is InChI=1S/C23H33N3O3S/c1-17-15-19-16-21(9-10-22(19)26(17)23(27)18-7-8-18)30(28,29)25-13-11-24(12-14-25)20-5-3-2-4-6-20/h9-10,16-18,20H,2-8,11-15H2,1H3/t17-/m0/s1. The van der Waals surface area contributed by atoms with Gasteiger partial charge in [-0.15, -0.1) is 0 Å². The number of amides is 1. The van der Waals surface area contributed by atoms with Crippen LogP contribution < -0.4 is 4.90 Å². The van der Waals surface area contributed by atoms with Gasteiger partial charge in [0.1, 0.15) is 0 Å². The molecular formula is C23H33N3O3S. The number of rotatable bonds is 4. The number of carbonyl (C=O) groups is 1. The number of anilines is 1. The molecule has 0 spiro atoms. The van der Waals surface area contributed by atoms with Crippen molar-refractivity contribution < 1.29 is 13.2 Å². The smallest absolute Gasteiger partial charge is 0.243 e. The van der Waals surface area contributed by atoms with Crippen LogP contribution in [0.1, 0.15) is 57.4 Å². The minimum atomic E-state index is -3.49. The van der Waals surface area contributed by atoms with E-state index in [1.807, 2.05) is 17.0 Å². The molecule has 0 bridgehead atoms. The zero-order chi connectivity index (χ0) is 20.9. The minimum Gasteiger partial charge on any atom is -0.309 e. The van der Waals surface area contributed by atoms with Crippen LogP contribution in [0.3, 0.4) is 0 Å². The Balaban J connectivity index is 1.30. The fraction of sp³-hybridized carbons (Fsp3) is 0.696. The Morgan fingerprint density at radius 3 is 2.33 bits per heavy atom. The average molecular weight is 432 g/mol. The lowest BCUT2D eigenvalue weighted by molar-refractivity contribution is -0.120. The SMILES string of the molecule is C[C@H]1Cc2cc(S(=O)(=O)N3CCN(C4CCCCC4)CC3)ccc2N1C(=O)C1CC1. The van der Waals surface area contributed by atoms with Gasteiger partial charge in [-0.05, 0) is 62.8 Å². The normalized spacial score (nSPS) is 26.7. The fourth-order valence-corrected chi connectivity index (χ4v) is 7.01. The number of sulfonamides is 1. The molecule has 0 radical (unpaired) electrons. The lowest BCUT2D eigenvalue weighted by Gasteiger charge is -2.40. The molecule has 1 amide bonds. The van der Waals surface area contributed by atoms with E-state index in [-0.39, 0.29) is 17.9 Å². The van der Waals surface area contributed by atoms with Crippen LogP contribution in [0.5, 0.6) is 0 Å². The molecule has 1 aromatic carbocycles. The summed E-state index contributed by atoms with van der Waals surface area (Å²) in [4.78, 5) is 17.4. The van der Waals surface area contributed by atoms with Crippen LogP contribution in [0.15, 0.2) is 23.1 Å². The quantitative estimate of drug-likeness (QED) is 0.735. The Hall–Kier alpha value is -1.44. The highest BCUT2D eigenvalue weighted by molar-refractivity contribution is 7.89. The van der Waals surface area contributed by atoms with Crippen molar-refractivity contribution in [2.24, 2.45) is 5.92 Å². The number of hydrogen-bond donors (Lipinski definition) is 0. The van der Waals surface area contributed by atoms with E-state index >= 15 is 0 Å². The van der Waals surface area contributed by atoms with Crippen LogP contribution in [-0.4, -0.2) is 61.8 Å². The molecule has 1 atom stereocenters. The van der Waals surface area contributed by atoms with E-state index < -0.39 is 10.0 Å². The molecule has 2 aliphatic carbocycles. The summed E-state index contributed by atoms with van der Waals surface area (Å²) in [6.45, 7) is 4.85. The largest absolute Gasteiger partial charge is 0.309 e. The van der Waals surface area contributed by atoms with Gasteiger partial charge in [-0.1, -0.05) is 19.3 Å². The minimum absolute atomic E-state index is 0.102. The zero-order valence-corrected chi connectivity index (χ0v) is 18.7. The van der Waals surface area contributed by atoms with Gasteiger partial charge in [0, 0.05) is 49.9 Å². The maximum atomic E-state index is 13.3. The predicted molar refractivity (Wildman–Crippen MR) is 117 cm³/mol. The Bertz CT molecular complexity index is 914. The lowest BCUT2D eigenvalue weighted by Crippen LogP contribution is -2.52. The summed E-state index contributed by atoms with van der Waals surface area (Å²) < 4.78 is 28.3. The molecule has 7 heteroatoms. The third-order valence-electron chi connectivity index (χ3n) is 7.43. The van der Waals surface area contributed by atoms with Crippen molar-refractivity contribution in [2.45, 2.75) is 75.3 Å². The van der Waals surface area contributed by atoms with Crippen molar-refractivity contribution in [1.82, 2.24) is 9.21 Å².